The van der Waals surface area contributed by atoms with Crippen LogP contribution in [-0.2, 0) is 4.79 Å². The number of carbonyl (C=O) groups excluding carboxylic acids is 1. The Morgan fingerprint density at radius 2 is 2.00 bits per heavy atom. The second-order valence-electron chi connectivity index (χ2n) is 8.57. The first-order valence-electron chi connectivity index (χ1n) is 11.3. The van der Waals surface area contributed by atoms with Gasteiger partial charge in [-0.3, -0.25) is 9.20 Å². The average molecular weight is 437 g/mol. The molecule has 1 amide bonds. The number of likely N-dealkylation sites (tertiary alicyclic amines) is 1. The maximum absolute atomic E-state index is 11.4. The van der Waals surface area contributed by atoms with Crippen LogP contribution < -0.4 is 5.73 Å². The van der Waals surface area contributed by atoms with Gasteiger partial charge in [-0.15, -0.1) is 10.2 Å². The third-order valence-corrected chi connectivity index (χ3v) is 6.46. The summed E-state index contributed by atoms with van der Waals surface area (Å²) >= 11 is 0. The molecule has 0 aromatic carbocycles. The zero-order valence-corrected chi connectivity index (χ0v) is 18.3. The number of nitrogens with one attached hydrogen (secondary N) is 1. The van der Waals surface area contributed by atoms with E-state index >= 15 is 0 Å². The number of H-pyrrole nitrogens is 1. The van der Waals surface area contributed by atoms with E-state index in [1.165, 1.54) is 32.1 Å². The number of pyridine rings is 1. The van der Waals surface area contributed by atoms with Gasteiger partial charge < -0.3 is 15.6 Å². The molecule has 4 aromatic heterocycles. The molecule has 1 saturated carbocycles. The van der Waals surface area contributed by atoms with Crippen molar-refractivity contribution in [2.45, 2.75) is 57.9 Å². The van der Waals surface area contributed by atoms with Gasteiger partial charge in [-0.2, -0.15) is 4.98 Å². The predicted octanol–water partition coefficient (Wildman–Crippen LogP) is 3.99. The fourth-order valence-electron chi connectivity index (χ4n) is 4.77. The molecule has 9 nitrogen and oxygen atoms in total. The number of fused-ring (bicyclic) bond motifs is 2. The molecule has 5 heterocycles. The van der Waals surface area contributed by atoms with Gasteiger partial charge in [-0.05, 0) is 38.3 Å². The van der Waals surface area contributed by atoms with E-state index in [0.717, 1.165) is 53.0 Å². The van der Waals surface area contributed by atoms with Crippen molar-refractivity contribution in [2.75, 3.05) is 12.3 Å². The molecule has 1 aliphatic carbocycles. The largest absolute Gasteiger partial charge is 0.368 e. The zero-order chi connectivity index (χ0) is 22.1. The van der Waals surface area contributed by atoms with Crippen LogP contribution in [0.25, 0.3) is 27.8 Å². The van der Waals surface area contributed by atoms with Crippen molar-refractivity contribution in [2.24, 2.45) is 0 Å². The molecule has 0 bridgehead atoms. The van der Waals surface area contributed by atoms with Gasteiger partial charge in [0.2, 0.25) is 11.9 Å². The van der Waals surface area contributed by atoms with E-state index in [-0.39, 0.29) is 8.80 Å². The molecule has 1 aliphatic heterocycles. The molecule has 0 radical (unpaired) electrons. The number of anilines is 1. The van der Waals surface area contributed by atoms with E-state index < -0.39 is 0 Å². The Morgan fingerprint density at radius 3 is 2.78 bits per heavy atom. The van der Waals surface area contributed by atoms with Gasteiger partial charge in [0.05, 0.1) is 0 Å². The van der Waals surface area contributed by atoms with Gasteiger partial charge in [0.1, 0.15) is 11.5 Å². The van der Waals surface area contributed by atoms with Crippen molar-refractivity contribution in [3.05, 3.63) is 36.5 Å². The minimum Gasteiger partial charge on any atom is -0.368 e. The van der Waals surface area contributed by atoms with Crippen molar-refractivity contribution >= 4 is 28.5 Å². The smallest absolute Gasteiger partial charge is 0.222 e. The highest BCUT2D eigenvalue weighted by molar-refractivity contribution is 5.93. The Kier molecular flexibility index (Phi) is 5.46. The molecule has 3 N–H and O–H groups in total. The summed E-state index contributed by atoms with van der Waals surface area (Å²) in [5.74, 6) is 1.51. The number of nitrogens with two attached hydrogens (primary N) is 1. The van der Waals surface area contributed by atoms with E-state index in [1.54, 1.807) is 6.20 Å². The monoisotopic (exact) mass is 436 g/mol. The van der Waals surface area contributed by atoms with Gasteiger partial charge in [-0.25, -0.2) is 4.98 Å². The maximum Gasteiger partial charge on any atom is 0.222 e. The summed E-state index contributed by atoms with van der Waals surface area (Å²) in [6, 6.07) is 4.54. The number of aryl methyl sites for hydroxylation is 1. The Hall–Kier alpha value is -3.49. The lowest BCUT2D eigenvalue weighted by atomic mass is 9.94. The Bertz CT molecular complexity index is 1260. The minimum atomic E-state index is 0. The highest BCUT2D eigenvalue weighted by Crippen LogP contribution is 2.28. The first-order valence-corrected chi connectivity index (χ1v) is 11.3. The van der Waals surface area contributed by atoms with E-state index in [4.69, 9.17) is 5.73 Å². The maximum atomic E-state index is 11.4. The van der Waals surface area contributed by atoms with Crippen LogP contribution in [0.15, 0.2) is 30.7 Å². The van der Waals surface area contributed by atoms with Crippen LogP contribution >= 0.6 is 0 Å². The third kappa shape index (κ3) is 3.90. The number of rotatable bonds is 2. The number of carbonyl (C=O) groups is 1. The van der Waals surface area contributed by atoms with Crippen LogP contribution in [0.2, 0.25) is 0 Å². The number of hydrogen-bond donors (Lipinski definition) is 2. The van der Waals surface area contributed by atoms with Gasteiger partial charge in [0.25, 0.3) is 0 Å². The summed E-state index contributed by atoms with van der Waals surface area (Å²) in [4.78, 5) is 24.9. The summed E-state index contributed by atoms with van der Waals surface area (Å²) in [7, 11) is 0. The molecule has 9 heteroatoms. The minimum absolute atomic E-state index is 0. The normalized spacial score (nSPS) is 17.2. The molecule has 0 unspecified atom stereocenters. The van der Waals surface area contributed by atoms with Gasteiger partial charge in [-0.1, -0.05) is 19.3 Å². The molecule has 0 spiro atoms. The number of aromatic amines is 1. The second kappa shape index (κ2) is 8.57. The fourth-order valence-corrected chi connectivity index (χ4v) is 4.77. The second-order valence-corrected chi connectivity index (χ2v) is 8.57. The van der Waals surface area contributed by atoms with Crippen LogP contribution in [0.5, 0.6) is 0 Å². The summed E-state index contributed by atoms with van der Waals surface area (Å²) < 4.78 is 1.95. The van der Waals surface area contributed by atoms with E-state index in [0.29, 0.717) is 11.9 Å². The molecule has 2 fully saturated rings. The van der Waals surface area contributed by atoms with Crippen LogP contribution in [-0.4, -0.2) is 52.9 Å². The number of hydrogen-bond acceptors (Lipinski definition) is 6. The van der Waals surface area contributed by atoms with Crippen molar-refractivity contribution in [1.29, 1.82) is 0 Å². The summed E-state index contributed by atoms with van der Waals surface area (Å²) in [6.45, 7) is 2.95. The Morgan fingerprint density at radius 1 is 1.16 bits per heavy atom. The lowest BCUT2D eigenvalue weighted by Crippen LogP contribution is -2.37. The van der Waals surface area contributed by atoms with Gasteiger partial charge in [0.15, 0.2) is 5.65 Å². The van der Waals surface area contributed by atoms with Gasteiger partial charge >= 0.3 is 0 Å². The predicted molar refractivity (Wildman–Crippen MR) is 127 cm³/mol. The fraction of sp³-hybridized carbons (Fsp3) is 0.435. The summed E-state index contributed by atoms with van der Waals surface area (Å²) in [5, 5.41) is 9.07. The van der Waals surface area contributed by atoms with Crippen molar-refractivity contribution in [3.63, 3.8) is 0 Å². The number of aromatic nitrogens is 6. The lowest BCUT2D eigenvalue weighted by molar-refractivity contribution is -0.130. The topological polar surface area (TPSA) is 118 Å². The molecule has 0 atom stereocenters. The molecule has 4 aromatic rings. The Balaban J connectivity index is 0.000000201. The van der Waals surface area contributed by atoms with Crippen LogP contribution in [0.1, 0.15) is 53.6 Å². The molecule has 1 saturated heterocycles. The molecule has 32 heavy (non-hydrogen) atoms. The number of amides is 1. The van der Waals surface area contributed by atoms with Crippen molar-refractivity contribution in [1.82, 2.24) is 34.4 Å². The third-order valence-electron chi connectivity index (χ3n) is 6.46. The zero-order valence-electron chi connectivity index (χ0n) is 18.3. The lowest BCUT2D eigenvalue weighted by Gasteiger charge is -2.30. The summed E-state index contributed by atoms with van der Waals surface area (Å²) in [5.41, 5.74) is 9.21. The molecular weight excluding hydrogens is 404 g/mol. The quantitative estimate of drug-likeness (QED) is 0.490. The standard InChI is InChI=1S/C13H11N7.C10H17NO.2H2/c1-7-18-19-11-3-2-8(6-20(7)11)9-4-15-12-10(9)5-16-13(14)17-12;12-10-7-4-8-11(10)9-5-2-1-3-6-9;;/h2-6H,1H3,(H3,14,15,16,17);9H,1-8H2;2*1H. The van der Waals surface area contributed by atoms with E-state index in [2.05, 4.69) is 30.0 Å². The Labute approximate surface area is 189 Å². The van der Waals surface area contributed by atoms with Crippen LogP contribution in [0.4, 0.5) is 5.95 Å². The first kappa shape index (κ1) is 20.4. The highest BCUT2D eigenvalue weighted by Gasteiger charge is 2.28. The molecule has 170 valence electrons. The van der Waals surface area contributed by atoms with Crippen molar-refractivity contribution in [3.8, 4) is 11.1 Å². The number of nitrogen functional groups attached to an aromatic ring is 1. The first-order chi connectivity index (χ1) is 15.6. The van der Waals surface area contributed by atoms with E-state index in [1.807, 2.05) is 35.9 Å². The van der Waals surface area contributed by atoms with E-state index in [9.17, 15) is 4.79 Å². The summed E-state index contributed by atoms with van der Waals surface area (Å²) in [6.07, 6.45) is 14.1. The number of nitrogens with zero attached hydrogens (tertiary/aromatic N) is 6. The SMILES string of the molecule is Cc1nnc2ccc(-c3c[nH]c4nc(N)ncc34)cn12.O=C1CCCN1C1CCCCC1.[HH].[HH]. The molecule has 2 aliphatic rings. The van der Waals surface area contributed by atoms with Gasteiger partial charge in [0, 0.05) is 57.0 Å². The van der Waals surface area contributed by atoms with Crippen LogP contribution in [0, 0.1) is 6.92 Å². The molecular formula is C23H32N8O. The van der Waals surface area contributed by atoms with Crippen LogP contribution in [0.3, 0.4) is 0 Å². The average Bonchev–Trinajstić information content (AvgIpc) is 3.53. The molecule has 6 rings (SSSR count). The van der Waals surface area contributed by atoms with Crippen molar-refractivity contribution < 1.29 is 7.65 Å². The highest BCUT2D eigenvalue weighted by atomic mass is 16.2.